The van der Waals surface area contributed by atoms with Crippen LogP contribution in [-0.4, -0.2) is 35.6 Å². The fraction of sp³-hybridized carbons (Fsp3) is 0.529. The number of nitrogens with zero attached hydrogens (tertiary/aromatic N) is 2. The van der Waals surface area contributed by atoms with E-state index in [1.54, 1.807) is 25.6 Å². The minimum atomic E-state index is -0.309. The number of furan rings is 1. The van der Waals surface area contributed by atoms with Gasteiger partial charge in [0.05, 0.1) is 25.0 Å². The molecule has 24 heavy (non-hydrogen) atoms. The highest BCUT2D eigenvalue weighted by atomic mass is 16.5. The third-order valence-corrected chi connectivity index (χ3v) is 4.44. The lowest BCUT2D eigenvalue weighted by Gasteiger charge is -2.32. The van der Waals surface area contributed by atoms with E-state index < -0.39 is 0 Å². The highest BCUT2D eigenvalue weighted by Gasteiger charge is 2.29. The van der Waals surface area contributed by atoms with Crippen molar-refractivity contribution < 1.29 is 13.9 Å². The van der Waals surface area contributed by atoms with Gasteiger partial charge in [-0.25, -0.2) is 4.79 Å². The molecule has 0 unspecified atom stereocenters. The van der Waals surface area contributed by atoms with E-state index >= 15 is 0 Å². The van der Waals surface area contributed by atoms with Crippen LogP contribution in [0.1, 0.15) is 43.5 Å². The molecule has 2 heterocycles. The predicted molar refractivity (Wildman–Crippen MR) is 88.5 cm³/mol. The number of carbonyl (C=O) groups is 1. The van der Waals surface area contributed by atoms with E-state index in [0.29, 0.717) is 12.4 Å². The van der Waals surface area contributed by atoms with Gasteiger partial charge in [-0.15, -0.1) is 0 Å². The van der Waals surface area contributed by atoms with E-state index in [0.717, 1.165) is 25.7 Å². The molecule has 1 aliphatic rings. The molecule has 1 fully saturated rings. The summed E-state index contributed by atoms with van der Waals surface area (Å²) in [5, 5.41) is 10.4. The van der Waals surface area contributed by atoms with Crippen molar-refractivity contribution in [1.82, 2.24) is 20.4 Å². The molecule has 2 N–H and O–H groups in total. The molecule has 7 heteroatoms. The van der Waals surface area contributed by atoms with Gasteiger partial charge in [0.1, 0.15) is 11.8 Å². The number of hydrogen-bond donors (Lipinski definition) is 2. The van der Waals surface area contributed by atoms with Crippen molar-refractivity contribution in [3.05, 3.63) is 42.6 Å². The van der Waals surface area contributed by atoms with Gasteiger partial charge in [0.15, 0.2) is 0 Å². The van der Waals surface area contributed by atoms with Gasteiger partial charge in [-0.05, 0) is 31.0 Å². The standard InChI is InChI=1S/C17H24N4O3/c1-23-12-14(16-8-4-11-24-16)20-17(22)19-13-6-2-3-7-15(13)21-10-5-9-18-21/h4-5,8-11,13-15H,2-3,6-7,12H2,1H3,(H2,19,20,22)/t13-,14-,15+/m0/s1. The second-order valence-electron chi connectivity index (χ2n) is 6.09. The lowest BCUT2D eigenvalue weighted by atomic mass is 9.90. The first-order chi connectivity index (χ1) is 11.8. The Morgan fingerprint density at radius 2 is 2.33 bits per heavy atom. The van der Waals surface area contributed by atoms with Gasteiger partial charge in [-0.2, -0.15) is 5.10 Å². The average Bonchev–Trinajstić information content (AvgIpc) is 3.29. The summed E-state index contributed by atoms with van der Waals surface area (Å²) in [4.78, 5) is 12.5. The van der Waals surface area contributed by atoms with Crippen LogP contribution in [0.25, 0.3) is 0 Å². The van der Waals surface area contributed by atoms with E-state index in [-0.39, 0.29) is 24.2 Å². The van der Waals surface area contributed by atoms with Crippen LogP contribution in [-0.2, 0) is 4.74 Å². The van der Waals surface area contributed by atoms with Gasteiger partial charge in [-0.3, -0.25) is 4.68 Å². The molecule has 0 spiro atoms. The first kappa shape index (κ1) is 16.6. The minimum absolute atomic E-state index is 0.0680. The second kappa shape index (κ2) is 8.01. The molecular weight excluding hydrogens is 308 g/mol. The zero-order valence-electron chi connectivity index (χ0n) is 13.9. The maximum Gasteiger partial charge on any atom is 0.315 e. The van der Waals surface area contributed by atoms with Gasteiger partial charge in [-0.1, -0.05) is 12.8 Å². The van der Waals surface area contributed by atoms with Crippen LogP contribution in [0.5, 0.6) is 0 Å². The molecule has 2 aromatic heterocycles. The maximum absolute atomic E-state index is 12.5. The Hall–Kier alpha value is -2.28. The van der Waals surface area contributed by atoms with E-state index in [4.69, 9.17) is 9.15 Å². The summed E-state index contributed by atoms with van der Waals surface area (Å²) in [5.41, 5.74) is 0. The third-order valence-electron chi connectivity index (χ3n) is 4.44. The molecule has 2 aromatic rings. The summed E-state index contributed by atoms with van der Waals surface area (Å²) in [7, 11) is 1.60. The molecule has 130 valence electrons. The van der Waals surface area contributed by atoms with Crippen molar-refractivity contribution in [1.29, 1.82) is 0 Å². The Labute approximate surface area is 141 Å². The smallest absolute Gasteiger partial charge is 0.315 e. The number of nitrogens with one attached hydrogen (secondary N) is 2. The Morgan fingerprint density at radius 3 is 3.04 bits per heavy atom. The summed E-state index contributed by atoms with van der Waals surface area (Å²) in [6.45, 7) is 0.355. The van der Waals surface area contributed by atoms with Crippen molar-refractivity contribution in [3.63, 3.8) is 0 Å². The lowest BCUT2D eigenvalue weighted by Crippen LogP contribution is -2.48. The Balaban J connectivity index is 1.62. The Kier molecular flexibility index (Phi) is 5.53. The van der Waals surface area contributed by atoms with Crippen LogP contribution in [0.2, 0.25) is 0 Å². The number of methoxy groups -OCH3 is 1. The summed E-state index contributed by atoms with van der Waals surface area (Å²) in [5.74, 6) is 0.680. The van der Waals surface area contributed by atoms with E-state index in [1.807, 2.05) is 23.0 Å². The summed E-state index contributed by atoms with van der Waals surface area (Å²) in [6.07, 6.45) is 9.56. The van der Waals surface area contributed by atoms with Crippen molar-refractivity contribution in [3.8, 4) is 0 Å². The van der Waals surface area contributed by atoms with Crippen LogP contribution in [0.3, 0.4) is 0 Å². The number of aromatic nitrogens is 2. The van der Waals surface area contributed by atoms with Crippen LogP contribution in [0, 0.1) is 0 Å². The molecule has 0 saturated heterocycles. The van der Waals surface area contributed by atoms with Gasteiger partial charge in [0.25, 0.3) is 0 Å². The number of ether oxygens (including phenoxy) is 1. The normalized spacial score (nSPS) is 22.0. The fourth-order valence-electron chi connectivity index (χ4n) is 3.29. The summed E-state index contributed by atoms with van der Waals surface area (Å²) < 4.78 is 12.5. The molecule has 0 radical (unpaired) electrons. The molecule has 3 atom stereocenters. The first-order valence-corrected chi connectivity index (χ1v) is 8.36. The van der Waals surface area contributed by atoms with Gasteiger partial charge in [0, 0.05) is 19.5 Å². The minimum Gasteiger partial charge on any atom is -0.467 e. The molecule has 3 rings (SSSR count). The van der Waals surface area contributed by atoms with Crippen LogP contribution in [0.15, 0.2) is 41.3 Å². The largest absolute Gasteiger partial charge is 0.467 e. The van der Waals surface area contributed by atoms with Crippen molar-refractivity contribution in [2.45, 2.75) is 43.8 Å². The average molecular weight is 332 g/mol. The topological polar surface area (TPSA) is 81.3 Å². The molecule has 0 aromatic carbocycles. The summed E-state index contributed by atoms with van der Waals surface area (Å²) in [6, 6.07) is 5.29. The second-order valence-corrected chi connectivity index (χ2v) is 6.09. The third kappa shape index (κ3) is 3.97. The fourth-order valence-corrected chi connectivity index (χ4v) is 3.29. The van der Waals surface area contributed by atoms with Crippen LogP contribution < -0.4 is 10.6 Å². The van der Waals surface area contributed by atoms with Crippen molar-refractivity contribution in [2.75, 3.05) is 13.7 Å². The number of urea groups is 1. The molecule has 1 saturated carbocycles. The zero-order valence-corrected chi connectivity index (χ0v) is 13.9. The lowest BCUT2D eigenvalue weighted by molar-refractivity contribution is 0.154. The SMILES string of the molecule is COC[C@H](NC(=O)N[C@H]1CCCC[C@H]1n1cccn1)c1ccco1. The number of amides is 2. The number of carbonyl (C=O) groups excluding carboxylic acids is 1. The van der Waals surface area contributed by atoms with E-state index in [9.17, 15) is 4.79 Å². The highest BCUT2D eigenvalue weighted by Crippen LogP contribution is 2.28. The molecular formula is C17H24N4O3. The Bertz CT molecular complexity index is 612. The number of rotatable bonds is 6. The molecule has 1 aliphatic carbocycles. The summed E-state index contributed by atoms with van der Waals surface area (Å²) >= 11 is 0. The van der Waals surface area contributed by atoms with Crippen molar-refractivity contribution >= 4 is 6.03 Å². The maximum atomic E-state index is 12.5. The zero-order chi connectivity index (χ0) is 16.8. The predicted octanol–water partition coefficient (Wildman–Crippen LogP) is 2.65. The molecule has 7 nitrogen and oxygen atoms in total. The Morgan fingerprint density at radius 1 is 1.46 bits per heavy atom. The van der Waals surface area contributed by atoms with Crippen LogP contribution in [0.4, 0.5) is 4.79 Å². The molecule has 0 bridgehead atoms. The van der Waals surface area contributed by atoms with E-state index in [2.05, 4.69) is 15.7 Å². The quantitative estimate of drug-likeness (QED) is 0.852. The number of hydrogen-bond acceptors (Lipinski definition) is 4. The monoisotopic (exact) mass is 332 g/mol. The van der Waals surface area contributed by atoms with Gasteiger partial charge >= 0.3 is 6.03 Å². The van der Waals surface area contributed by atoms with Gasteiger partial charge < -0.3 is 19.8 Å². The first-order valence-electron chi connectivity index (χ1n) is 8.36. The molecule has 0 aliphatic heterocycles. The van der Waals surface area contributed by atoms with Crippen molar-refractivity contribution in [2.24, 2.45) is 0 Å². The highest BCUT2D eigenvalue weighted by molar-refractivity contribution is 5.74. The molecule has 2 amide bonds. The van der Waals surface area contributed by atoms with Gasteiger partial charge in [0.2, 0.25) is 0 Å². The van der Waals surface area contributed by atoms with E-state index in [1.165, 1.54) is 0 Å². The van der Waals surface area contributed by atoms with Crippen LogP contribution >= 0.6 is 0 Å².